The van der Waals surface area contributed by atoms with Crippen molar-refractivity contribution in [2.45, 2.75) is 44.7 Å². The topological polar surface area (TPSA) is 74.3 Å². The predicted octanol–water partition coefficient (Wildman–Crippen LogP) is 3.63. The summed E-state index contributed by atoms with van der Waals surface area (Å²) in [7, 11) is 0. The van der Waals surface area contributed by atoms with Gasteiger partial charge in [0.15, 0.2) is 0 Å². The Morgan fingerprint density at radius 2 is 2.09 bits per heavy atom. The van der Waals surface area contributed by atoms with Gasteiger partial charge in [-0.05, 0) is 48.4 Å². The SMILES string of the molecule is O=C(CCC(=O)N1CCCC1c1ccc(F)cc1)NCc1nc(CC2=CCNC=C2)cs1. The van der Waals surface area contributed by atoms with Crippen LogP contribution >= 0.6 is 11.3 Å². The molecular formula is C24H27FN4O2S. The number of allylic oxidation sites excluding steroid dienone is 2. The predicted molar refractivity (Wildman–Crippen MR) is 122 cm³/mol. The third-order valence-corrected chi connectivity index (χ3v) is 6.61. The molecule has 1 atom stereocenters. The lowest BCUT2D eigenvalue weighted by molar-refractivity contribution is -0.134. The molecule has 8 heteroatoms. The number of nitrogens with one attached hydrogen (secondary N) is 2. The summed E-state index contributed by atoms with van der Waals surface area (Å²) in [6, 6.07) is 6.28. The largest absolute Gasteiger partial charge is 0.387 e. The zero-order valence-corrected chi connectivity index (χ0v) is 18.7. The van der Waals surface area contributed by atoms with Gasteiger partial charge in [-0.15, -0.1) is 11.3 Å². The Bertz CT molecular complexity index is 1020. The number of benzene rings is 1. The summed E-state index contributed by atoms with van der Waals surface area (Å²) in [5, 5.41) is 8.87. The van der Waals surface area contributed by atoms with Gasteiger partial charge in [0, 0.05) is 37.7 Å². The first-order chi connectivity index (χ1) is 15.6. The van der Waals surface area contributed by atoms with Crippen LogP contribution < -0.4 is 10.6 Å². The molecule has 2 aromatic rings. The normalized spacial score (nSPS) is 17.7. The second-order valence-corrected chi connectivity index (χ2v) is 8.95. The second-order valence-electron chi connectivity index (χ2n) is 8.00. The molecule has 0 aliphatic carbocycles. The third kappa shape index (κ3) is 5.82. The third-order valence-electron chi connectivity index (χ3n) is 5.71. The highest BCUT2D eigenvalue weighted by Crippen LogP contribution is 2.32. The Balaban J connectivity index is 1.22. The number of likely N-dealkylation sites (tertiary alicyclic amines) is 1. The van der Waals surface area contributed by atoms with Gasteiger partial charge in [-0.2, -0.15) is 0 Å². The monoisotopic (exact) mass is 454 g/mol. The smallest absolute Gasteiger partial charge is 0.223 e. The molecule has 168 valence electrons. The number of carbonyl (C=O) groups is 2. The number of hydrogen-bond acceptors (Lipinski definition) is 5. The lowest BCUT2D eigenvalue weighted by atomic mass is 10.0. The standard InChI is InChI=1S/C24H27FN4O2S/c25-19-5-3-18(4-6-19)21-2-1-13-29(21)24(31)8-7-22(30)27-15-23-28-20(16-32-23)14-17-9-11-26-12-10-17/h3-6,9-11,16,21,26H,1-2,7-8,12-15H2,(H,27,30). The van der Waals surface area contributed by atoms with Gasteiger partial charge in [-0.25, -0.2) is 9.37 Å². The van der Waals surface area contributed by atoms with E-state index in [-0.39, 0.29) is 36.5 Å². The van der Waals surface area contributed by atoms with E-state index in [9.17, 15) is 14.0 Å². The van der Waals surface area contributed by atoms with Crippen molar-refractivity contribution in [3.8, 4) is 0 Å². The van der Waals surface area contributed by atoms with E-state index in [1.54, 1.807) is 12.1 Å². The van der Waals surface area contributed by atoms with E-state index in [1.807, 2.05) is 22.6 Å². The average Bonchev–Trinajstić information content (AvgIpc) is 3.47. The first kappa shape index (κ1) is 22.2. The van der Waals surface area contributed by atoms with Gasteiger partial charge in [0.2, 0.25) is 11.8 Å². The summed E-state index contributed by atoms with van der Waals surface area (Å²) in [4.78, 5) is 31.4. The molecule has 0 bridgehead atoms. The highest BCUT2D eigenvalue weighted by atomic mass is 32.1. The van der Waals surface area contributed by atoms with Gasteiger partial charge in [0.05, 0.1) is 18.3 Å². The number of dihydropyridines is 1. The van der Waals surface area contributed by atoms with Crippen LogP contribution in [-0.2, 0) is 22.6 Å². The number of amides is 2. The minimum atomic E-state index is -0.283. The van der Waals surface area contributed by atoms with Crippen molar-refractivity contribution in [2.24, 2.45) is 0 Å². The van der Waals surface area contributed by atoms with E-state index < -0.39 is 0 Å². The molecule has 0 spiro atoms. The van der Waals surface area contributed by atoms with Crippen molar-refractivity contribution in [3.63, 3.8) is 0 Å². The average molecular weight is 455 g/mol. The summed E-state index contributed by atoms with van der Waals surface area (Å²) in [6.07, 6.45) is 8.99. The van der Waals surface area contributed by atoms with Crippen LogP contribution in [0, 0.1) is 5.82 Å². The summed E-state index contributed by atoms with van der Waals surface area (Å²) < 4.78 is 13.2. The Morgan fingerprint density at radius 3 is 2.88 bits per heavy atom. The Morgan fingerprint density at radius 1 is 1.25 bits per heavy atom. The van der Waals surface area contributed by atoms with Gasteiger partial charge in [-0.3, -0.25) is 9.59 Å². The van der Waals surface area contributed by atoms with Gasteiger partial charge in [0.25, 0.3) is 0 Å². The Kier molecular flexibility index (Phi) is 7.32. The zero-order chi connectivity index (χ0) is 22.3. The van der Waals surface area contributed by atoms with Crippen molar-refractivity contribution in [2.75, 3.05) is 13.1 Å². The summed E-state index contributed by atoms with van der Waals surface area (Å²) in [5.74, 6) is -0.475. The maximum absolute atomic E-state index is 13.2. The molecule has 6 nitrogen and oxygen atoms in total. The van der Waals surface area contributed by atoms with Crippen LogP contribution in [0.4, 0.5) is 4.39 Å². The highest BCUT2D eigenvalue weighted by molar-refractivity contribution is 7.09. The molecule has 1 fully saturated rings. The number of nitrogens with zero attached hydrogens (tertiary/aromatic N) is 2. The zero-order valence-electron chi connectivity index (χ0n) is 17.9. The van der Waals surface area contributed by atoms with E-state index in [2.05, 4.69) is 21.7 Å². The lowest BCUT2D eigenvalue weighted by Crippen LogP contribution is -2.32. The fourth-order valence-electron chi connectivity index (χ4n) is 4.07. The van der Waals surface area contributed by atoms with Crippen molar-refractivity contribution >= 4 is 23.2 Å². The minimum Gasteiger partial charge on any atom is -0.387 e. The van der Waals surface area contributed by atoms with E-state index in [0.29, 0.717) is 13.1 Å². The van der Waals surface area contributed by atoms with Crippen LogP contribution in [-0.4, -0.2) is 34.8 Å². The molecule has 3 heterocycles. The summed E-state index contributed by atoms with van der Waals surface area (Å²) in [6.45, 7) is 1.88. The maximum Gasteiger partial charge on any atom is 0.223 e. The molecule has 2 amide bonds. The van der Waals surface area contributed by atoms with Crippen LogP contribution in [0.5, 0.6) is 0 Å². The number of carbonyl (C=O) groups excluding carboxylic acids is 2. The molecular weight excluding hydrogens is 427 g/mol. The number of aromatic nitrogens is 1. The first-order valence-electron chi connectivity index (χ1n) is 10.9. The van der Waals surface area contributed by atoms with E-state index in [4.69, 9.17) is 0 Å². The number of halogens is 1. The highest BCUT2D eigenvalue weighted by Gasteiger charge is 2.29. The molecule has 2 aliphatic heterocycles. The maximum atomic E-state index is 13.2. The molecule has 1 saturated heterocycles. The Hall–Kier alpha value is -3.00. The molecule has 1 aromatic carbocycles. The molecule has 2 aliphatic rings. The summed E-state index contributed by atoms with van der Waals surface area (Å²) in [5.41, 5.74) is 3.16. The number of hydrogen-bond donors (Lipinski definition) is 2. The summed E-state index contributed by atoms with van der Waals surface area (Å²) >= 11 is 1.53. The fraction of sp³-hybridized carbons (Fsp3) is 0.375. The number of rotatable bonds is 8. The quantitative estimate of drug-likeness (QED) is 0.639. The van der Waals surface area contributed by atoms with E-state index in [0.717, 1.165) is 42.1 Å². The van der Waals surface area contributed by atoms with E-state index >= 15 is 0 Å². The molecule has 0 saturated carbocycles. The van der Waals surface area contributed by atoms with Crippen molar-refractivity contribution in [3.05, 3.63) is 75.7 Å². The molecule has 1 aromatic heterocycles. The fourth-order valence-corrected chi connectivity index (χ4v) is 4.80. The minimum absolute atomic E-state index is 0.0354. The van der Waals surface area contributed by atoms with Crippen LogP contribution in [0.25, 0.3) is 0 Å². The van der Waals surface area contributed by atoms with Crippen LogP contribution in [0.15, 0.2) is 53.6 Å². The van der Waals surface area contributed by atoms with Gasteiger partial charge < -0.3 is 15.5 Å². The van der Waals surface area contributed by atoms with Gasteiger partial charge in [-0.1, -0.05) is 18.2 Å². The molecule has 2 N–H and O–H groups in total. The second kappa shape index (κ2) is 10.5. The lowest BCUT2D eigenvalue weighted by Gasteiger charge is -2.25. The van der Waals surface area contributed by atoms with Crippen molar-refractivity contribution < 1.29 is 14.0 Å². The van der Waals surface area contributed by atoms with Crippen molar-refractivity contribution in [1.82, 2.24) is 20.5 Å². The number of thiazole rings is 1. The molecule has 0 radical (unpaired) electrons. The van der Waals surface area contributed by atoms with E-state index in [1.165, 1.54) is 29.0 Å². The van der Waals surface area contributed by atoms with Crippen LogP contribution in [0.1, 0.15) is 48.0 Å². The van der Waals surface area contributed by atoms with Crippen molar-refractivity contribution in [1.29, 1.82) is 0 Å². The molecule has 4 rings (SSSR count). The Labute approximate surface area is 191 Å². The van der Waals surface area contributed by atoms with Crippen LogP contribution in [0.3, 0.4) is 0 Å². The first-order valence-corrected chi connectivity index (χ1v) is 11.8. The van der Waals surface area contributed by atoms with Gasteiger partial charge in [0.1, 0.15) is 10.8 Å². The van der Waals surface area contributed by atoms with Gasteiger partial charge >= 0.3 is 0 Å². The van der Waals surface area contributed by atoms with Crippen LogP contribution in [0.2, 0.25) is 0 Å². The molecule has 32 heavy (non-hydrogen) atoms. The molecule has 1 unspecified atom stereocenters.